The standard InChI is InChI=1S/C18H19ClF2N2O/c1-11(13-3-5-14(19)6-4-13)22-10-18(24)23-12(2)16-8-7-15(20)9-17(16)21/h3-9,11-12,22H,10H2,1-2H3,(H,23,24)/p+1/t11-,12-/m0/s1. The third-order valence-electron chi connectivity index (χ3n) is 3.86. The van der Waals surface area contributed by atoms with E-state index in [2.05, 4.69) is 5.32 Å². The molecule has 128 valence electrons. The summed E-state index contributed by atoms with van der Waals surface area (Å²) >= 11 is 5.85. The minimum absolute atomic E-state index is 0.0888. The maximum atomic E-state index is 13.7. The van der Waals surface area contributed by atoms with Gasteiger partial charge in [-0.3, -0.25) is 4.79 Å². The summed E-state index contributed by atoms with van der Waals surface area (Å²) in [6, 6.07) is 10.3. The Bertz CT molecular complexity index is 707. The topological polar surface area (TPSA) is 45.7 Å². The zero-order valence-corrected chi connectivity index (χ0v) is 14.3. The maximum Gasteiger partial charge on any atom is 0.275 e. The van der Waals surface area contributed by atoms with Crippen molar-refractivity contribution < 1.29 is 18.9 Å². The second-order valence-corrected chi connectivity index (χ2v) is 6.17. The molecule has 0 aliphatic carbocycles. The first kappa shape index (κ1) is 18.4. The van der Waals surface area contributed by atoms with Gasteiger partial charge in [-0.25, -0.2) is 8.78 Å². The zero-order chi connectivity index (χ0) is 17.7. The number of rotatable bonds is 6. The van der Waals surface area contributed by atoms with Crippen LogP contribution in [0.2, 0.25) is 5.02 Å². The van der Waals surface area contributed by atoms with Crippen LogP contribution >= 0.6 is 11.6 Å². The van der Waals surface area contributed by atoms with Crippen molar-refractivity contribution in [3.8, 4) is 0 Å². The van der Waals surface area contributed by atoms with E-state index >= 15 is 0 Å². The lowest BCUT2D eigenvalue weighted by molar-refractivity contribution is -0.682. The average molecular weight is 354 g/mol. The molecule has 0 spiro atoms. The molecule has 0 aromatic heterocycles. The van der Waals surface area contributed by atoms with Crippen LogP contribution < -0.4 is 10.6 Å². The number of halogens is 3. The Labute approximate surface area is 145 Å². The van der Waals surface area contributed by atoms with Gasteiger partial charge in [-0.1, -0.05) is 29.8 Å². The number of nitrogens with one attached hydrogen (secondary N) is 1. The van der Waals surface area contributed by atoms with Crippen LogP contribution in [-0.4, -0.2) is 12.5 Å². The summed E-state index contributed by atoms with van der Waals surface area (Å²) in [4.78, 5) is 12.0. The first-order valence-corrected chi connectivity index (χ1v) is 8.07. The highest BCUT2D eigenvalue weighted by Crippen LogP contribution is 2.17. The lowest BCUT2D eigenvalue weighted by atomic mass is 10.1. The predicted octanol–water partition coefficient (Wildman–Crippen LogP) is 3.12. The van der Waals surface area contributed by atoms with Crippen LogP contribution in [0.15, 0.2) is 42.5 Å². The molecule has 0 unspecified atom stereocenters. The molecule has 0 heterocycles. The number of quaternary nitrogens is 1. The lowest BCUT2D eigenvalue weighted by Crippen LogP contribution is -2.87. The molecule has 1 amide bonds. The summed E-state index contributed by atoms with van der Waals surface area (Å²) in [5.41, 5.74) is 1.32. The largest absolute Gasteiger partial charge is 0.345 e. The van der Waals surface area contributed by atoms with Gasteiger partial charge in [0.2, 0.25) is 0 Å². The Morgan fingerprint density at radius 2 is 1.83 bits per heavy atom. The van der Waals surface area contributed by atoms with Gasteiger partial charge in [0.15, 0.2) is 6.54 Å². The third kappa shape index (κ3) is 5.01. The molecule has 3 nitrogen and oxygen atoms in total. The number of hydrogen-bond donors (Lipinski definition) is 2. The highest BCUT2D eigenvalue weighted by Gasteiger charge is 2.16. The quantitative estimate of drug-likeness (QED) is 0.823. The molecule has 0 saturated carbocycles. The van der Waals surface area contributed by atoms with Gasteiger partial charge in [0.25, 0.3) is 5.91 Å². The van der Waals surface area contributed by atoms with Crippen molar-refractivity contribution in [2.24, 2.45) is 0 Å². The Morgan fingerprint density at radius 1 is 1.17 bits per heavy atom. The van der Waals surface area contributed by atoms with Crippen LogP contribution in [0.4, 0.5) is 8.78 Å². The average Bonchev–Trinajstić information content (AvgIpc) is 2.53. The van der Waals surface area contributed by atoms with Crippen LogP contribution in [0.5, 0.6) is 0 Å². The summed E-state index contributed by atoms with van der Waals surface area (Å²) in [5, 5.41) is 5.27. The van der Waals surface area contributed by atoms with Gasteiger partial charge in [-0.05, 0) is 32.0 Å². The molecule has 0 fully saturated rings. The van der Waals surface area contributed by atoms with Crippen molar-refractivity contribution in [3.63, 3.8) is 0 Å². The van der Waals surface area contributed by atoms with E-state index in [0.717, 1.165) is 11.6 Å². The van der Waals surface area contributed by atoms with Crippen molar-refractivity contribution >= 4 is 17.5 Å². The number of carbonyl (C=O) groups excluding carboxylic acids is 1. The fraction of sp³-hybridized carbons (Fsp3) is 0.278. The van der Waals surface area contributed by atoms with Gasteiger partial charge in [-0.2, -0.15) is 0 Å². The normalized spacial score (nSPS) is 13.4. The van der Waals surface area contributed by atoms with Crippen molar-refractivity contribution in [3.05, 3.63) is 70.2 Å². The van der Waals surface area contributed by atoms with E-state index in [1.807, 2.05) is 24.4 Å². The number of carbonyl (C=O) groups is 1. The molecule has 0 aliphatic heterocycles. The first-order valence-electron chi connectivity index (χ1n) is 7.70. The van der Waals surface area contributed by atoms with Crippen molar-refractivity contribution in [1.82, 2.24) is 5.32 Å². The molecule has 24 heavy (non-hydrogen) atoms. The molecule has 2 aromatic carbocycles. The molecule has 3 N–H and O–H groups in total. The zero-order valence-electron chi connectivity index (χ0n) is 13.5. The van der Waals surface area contributed by atoms with E-state index in [0.29, 0.717) is 5.02 Å². The van der Waals surface area contributed by atoms with Crippen molar-refractivity contribution in [1.29, 1.82) is 0 Å². The smallest absolute Gasteiger partial charge is 0.275 e. The molecule has 0 bridgehead atoms. The number of amides is 1. The number of hydrogen-bond acceptors (Lipinski definition) is 1. The van der Waals surface area contributed by atoms with E-state index in [9.17, 15) is 13.6 Å². The summed E-state index contributed by atoms with van der Waals surface area (Å²) < 4.78 is 26.6. The summed E-state index contributed by atoms with van der Waals surface area (Å²) in [5.74, 6) is -1.52. The van der Waals surface area contributed by atoms with Gasteiger partial charge < -0.3 is 10.6 Å². The van der Waals surface area contributed by atoms with E-state index in [-0.39, 0.29) is 24.1 Å². The molecule has 2 atom stereocenters. The fourth-order valence-corrected chi connectivity index (χ4v) is 2.54. The van der Waals surface area contributed by atoms with E-state index in [1.165, 1.54) is 12.1 Å². The monoisotopic (exact) mass is 353 g/mol. The van der Waals surface area contributed by atoms with E-state index in [4.69, 9.17) is 11.6 Å². The van der Waals surface area contributed by atoms with Crippen LogP contribution in [0.3, 0.4) is 0 Å². The minimum atomic E-state index is -0.665. The molecule has 2 rings (SSSR count). The van der Waals surface area contributed by atoms with E-state index in [1.54, 1.807) is 19.1 Å². The van der Waals surface area contributed by atoms with Gasteiger partial charge >= 0.3 is 0 Å². The first-order chi connectivity index (χ1) is 11.4. The summed E-state index contributed by atoms with van der Waals surface area (Å²) in [6.45, 7) is 3.85. The van der Waals surface area contributed by atoms with Gasteiger partial charge in [0.1, 0.15) is 17.7 Å². The van der Waals surface area contributed by atoms with Crippen LogP contribution in [0, 0.1) is 11.6 Å². The van der Waals surface area contributed by atoms with Crippen molar-refractivity contribution in [2.75, 3.05) is 6.54 Å². The Kier molecular flexibility index (Phi) is 6.29. The lowest BCUT2D eigenvalue weighted by Gasteiger charge is -2.16. The number of nitrogens with two attached hydrogens (primary N) is 1. The van der Waals surface area contributed by atoms with Gasteiger partial charge in [-0.15, -0.1) is 0 Å². The Balaban J connectivity index is 1.87. The van der Waals surface area contributed by atoms with Crippen LogP contribution in [0.25, 0.3) is 0 Å². The summed E-state index contributed by atoms with van der Waals surface area (Å²) in [6.07, 6.45) is 0. The molecular formula is C18H20ClF2N2O+. The third-order valence-corrected chi connectivity index (χ3v) is 4.11. The molecule has 0 saturated heterocycles. The Hall–Kier alpha value is -1.98. The van der Waals surface area contributed by atoms with Gasteiger partial charge in [0.05, 0.1) is 6.04 Å². The second kappa shape index (κ2) is 8.22. The molecule has 0 aliphatic rings. The maximum absolute atomic E-state index is 13.7. The fourth-order valence-electron chi connectivity index (χ4n) is 2.42. The minimum Gasteiger partial charge on any atom is -0.345 e. The SMILES string of the molecule is C[C@H](NC(=O)C[NH2+][C@@H](C)c1ccc(Cl)cc1)c1ccc(F)cc1F. The number of benzene rings is 2. The molecular weight excluding hydrogens is 334 g/mol. The summed E-state index contributed by atoms with van der Waals surface area (Å²) in [7, 11) is 0. The van der Waals surface area contributed by atoms with E-state index < -0.39 is 17.7 Å². The van der Waals surface area contributed by atoms with Gasteiger partial charge in [0, 0.05) is 22.2 Å². The predicted molar refractivity (Wildman–Crippen MR) is 89.6 cm³/mol. The highest BCUT2D eigenvalue weighted by molar-refractivity contribution is 6.30. The van der Waals surface area contributed by atoms with Crippen LogP contribution in [0.1, 0.15) is 37.1 Å². The van der Waals surface area contributed by atoms with Crippen molar-refractivity contribution in [2.45, 2.75) is 25.9 Å². The molecule has 2 aromatic rings. The van der Waals surface area contributed by atoms with Crippen LogP contribution in [-0.2, 0) is 4.79 Å². The Morgan fingerprint density at radius 3 is 2.46 bits per heavy atom. The second-order valence-electron chi connectivity index (χ2n) is 5.74. The highest BCUT2D eigenvalue weighted by atomic mass is 35.5. The molecule has 6 heteroatoms. The molecule has 0 radical (unpaired) electrons.